The number of anilines is 2. The summed E-state index contributed by atoms with van der Waals surface area (Å²) in [5.41, 5.74) is 6.48. The van der Waals surface area contributed by atoms with E-state index in [1.165, 1.54) is 12.3 Å². The number of nitrogen functional groups attached to an aromatic ring is 1. The van der Waals surface area contributed by atoms with Gasteiger partial charge in [0, 0.05) is 24.9 Å². The van der Waals surface area contributed by atoms with Crippen LogP contribution in [0.1, 0.15) is 6.42 Å². The number of hydrogen-bond donors (Lipinski definition) is 1. The van der Waals surface area contributed by atoms with E-state index in [2.05, 4.69) is 4.98 Å². The summed E-state index contributed by atoms with van der Waals surface area (Å²) >= 11 is 0. The minimum Gasteiger partial charge on any atom is -0.396 e. The van der Waals surface area contributed by atoms with Gasteiger partial charge in [-0.2, -0.15) is 13.2 Å². The van der Waals surface area contributed by atoms with E-state index < -0.39 is 11.7 Å². The molecule has 1 aromatic rings. The molecule has 0 unspecified atom stereocenters. The number of nitrogens with two attached hydrogens (primary N) is 1. The van der Waals surface area contributed by atoms with Gasteiger partial charge in [0.05, 0.1) is 17.6 Å². The summed E-state index contributed by atoms with van der Waals surface area (Å²) in [4.78, 5) is 5.66. The molecule has 1 aromatic heterocycles. The van der Waals surface area contributed by atoms with Crippen LogP contribution in [-0.4, -0.2) is 24.2 Å². The highest BCUT2D eigenvalue weighted by molar-refractivity contribution is 5.66. The Morgan fingerprint density at radius 3 is 2.65 bits per heavy atom. The molecule has 0 amide bonds. The van der Waals surface area contributed by atoms with E-state index in [0.29, 0.717) is 12.2 Å². The predicted molar refractivity (Wildman–Crippen MR) is 59.6 cm³/mol. The van der Waals surface area contributed by atoms with Crippen LogP contribution in [-0.2, 0) is 0 Å². The first-order valence-electron chi connectivity index (χ1n) is 5.19. The summed E-state index contributed by atoms with van der Waals surface area (Å²) in [5.74, 6) is 0. The van der Waals surface area contributed by atoms with Crippen molar-refractivity contribution in [2.24, 2.45) is 0 Å². The van der Waals surface area contributed by atoms with Gasteiger partial charge in [-0.25, -0.2) is 0 Å². The van der Waals surface area contributed by atoms with Gasteiger partial charge in [0.2, 0.25) is 0 Å². The van der Waals surface area contributed by atoms with E-state index in [1.54, 1.807) is 12.3 Å². The highest BCUT2D eigenvalue weighted by atomic mass is 19.4. The summed E-state index contributed by atoms with van der Waals surface area (Å²) < 4.78 is 37.3. The number of halogens is 3. The van der Waals surface area contributed by atoms with Crippen molar-refractivity contribution in [3.05, 3.63) is 30.1 Å². The minimum absolute atomic E-state index is 0.00867. The second-order valence-electron chi connectivity index (χ2n) is 3.86. The molecule has 0 atom stereocenters. The molecule has 2 rings (SSSR count). The van der Waals surface area contributed by atoms with Crippen molar-refractivity contribution in [3.8, 4) is 0 Å². The average Bonchev–Trinajstić information content (AvgIpc) is 2.29. The molecule has 2 N–H and O–H groups in total. The van der Waals surface area contributed by atoms with Crippen molar-refractivity contribution in [3.63, 3.8) is 0 Å². The molecule has 0 aliphatic carbocycles. The van der Waals surface area contributed by atoms with Crippen LogP contribution in [0.3, 0.4) is 0 Å². The van der Waals surface area contributed by atoms with Crippen molar-refractivity contribution in [2.75, 3.05) is 23.7 Å². The van der Waals surface area contributed by atoms with E-state index >= 15 is 0 Å². The molecule has 0 aromatic carbocycles. The third kappa shape index (κ3) is 2.51. The molecule has 1 aliphatic heterocycles. The Balaban J connectivity index is 2.15. The zero-order valence-electron chi connectivity index (χ0n) is 9.04. The lowest BCUT2D eigenvalue weighted by atomic mass is 10.1. The summed E-state index contributed by atoms with van der Waals surface area (Å²) in [6.45, 7) is 0.544. The van der Waals surface area contributed by atoms with Crippen LogP contribution in [0.2, 0.25) is 0 Å². The van der Waals surface area contributed by atoms with Crippen LogP contribution in [0.5, 0.6) is 0 Å². The fraction of sp³-hybridized carbons (Fsp3) is 0.364. The van der Waals surface area contributed by atoms with Gasteiger partial charge < -0.3 is 10.6 Å². The third-order valence-electron chi connectivity index (χ3n) is 2.74. The van der Waals surface area contributed by atoms with Gasteiger partial charge in [-0.15, -0.1) is 0 Å². The molecule has 3 nitrogen and oxygen atoms in total. The molecule has 0 saturated carbocycles. The molecular formula is C11H12F3N3. The van der Waals surface area contributed by atoms with Gasteiger partial charge in [0.1, 0.15) is 0 Å². The van der Waals surface area contributed by atoms with E-state index in [-0.39, 0.29) is 13.0 Å². The van der Waals surface area contributed by atoms with Crippen molar-refractivity contribution >= 4 is 11.4 Å². The molecule has 0 fully saturated rings. The number of aromatic nitrogens is 1. The molecule has 0 bridgehead atoms. The van der Waals surface area contributed by atoms with Gasteiger partial charge in [0.15, 0.2) is 0 Å². The largest absolute Gasteiger partial charge is 0.412 e. The smallest absolute Gasteiger partial charge is 0.396 e. The maximum atomic E-state index is 12.4. The van der Waals surface area contributed by atoms with E-state index in [9.17, 15) is 13.2 Å². The Labute approximate surface area is 96.7 Å². The molecule has 92 valence electrons. The van der Waals surface area contributed by atoms with Gasteiger partial charge in [-0.05, 0) is 12.5 Å². The summed E-state index contributed by atoms with van der Waals surface area (Å²) in [6, 6.07) is 1.71. The van der Waals surface area contributed by atoms with E-state index in [1.807, 2.05) is 4.90 Å². The van der Waals surface area contributed by atoms with Gasteiger partial charge >= 0.3 is 6.18 Å². The van der Waals surface area contributed by atoms with Crippen LogP contribution in [0.25, 0.3) is 0 Å². The van der Waals surface area contributed by atoms with Crippen LogP contribution in [0, 0.1) is 0 Å². The first kappa shape index (κ1) is 11.8. The Bertz CT molecular complexity index is 440. The predicted octanol–water partition coefficient (Wildman–Crippen LogP) is 2.36. The monoisotopic (exact) mass is 243 g/mol. The Kier molecular flexibility index (Phi) is 2.95. The summed E-state index contributed by atoms with van der Waals surface area (Å²) in [5, 5.41) is 0. The maximum Gasteiger partial charge on any atom is 0.412 e. The lowest BCUT2D eigenvalue weighted by Crippen LogP contribution is -2.32. The number of alkyl halides is 3. The third-order valence-corrected chi connectivity index (χ3v) is 2.74. The molecule has 0 spiro atoms. The molecule has 6 heteroatoms. The number of rotatable bonds is 1. The van der Waals surface area contributed by atoms with Crippen molar-refractivity contribution < 1.29 is 13.2 Å². The number of nitrogens with zero attached hydrogens (tertiary/aromatic N) is 2. The van der Waals surface area contributed by atoms with E-state index in [4.69, 9.17) is 5.73 Å². The van der Waals surface area contributed by atoms with Crippen LogP contribution < -0.4 is 10.6 Å². The molecular weight excluding hydrogens is 231 g/mol. The lowest BCUT2D eigenvalue weighted by molar-refractivity contribution is -0.0943. The highest BCUT2D eigenvalue weighted by Gasteiger charge is 2.34. The normalized spacial score (nSPS) is 16.9. The first-order valence-corrected chi connectivity index (χ1v) is 5.19. The second-order valence-corrected chi connectivity index (χ2v) is 3.86. The van der Waals surface area contributed by atoms with Crippen LogP contribution in [0.4, 0.5) is 24.5 Å². The second kappa shape index (κ2) is 4.27. The lowest BCUT2D eigenvalue weighted by Gasteiger charge is -2.29. The molecule has 1 aliphatic rings. The molecule has 17 heavy (non-hydrogen) atoms. The van der Waals surface area contributed by atoms with Crippen LogP contribution in [0.15, 0.2) is 30.1 Å². The standard InChI is InChI=1S/C11H12F3N3/c12-11(13,14)8-2-5-17(6-3-8)10-1-4-16-7-9(10)15/h1-2,4,7H,3,5-6,15H2. The van der Waals surface area contributed by atoms with Gasteiger partial charge in [-0.3, -0.25) is 4.98 Å². The molecule has 2 heterocycles. The first-order chi connectivity index (χ1) is 7.98. The number of pyridine rings is 1. The van der Waals surface area contributed by atoms with Gasteiger partial charge in [0.25, 0.3) is 0 Å². The Morgan fingerprint density at radius 1 is 1.35 bits per heavy atom. The SMILES string of the molecule is Nc1cnccc1N1CC=C(C(F)(F)F)CC1. The average molecular weight is 243 g/mol. The van der Waals surface area contributed by atoms with Crippen molar-refractivity contribution in [2.45, 2.75) is 12.6 Å². The maximum absolute atomic E-state index is 12.4. The van der Waals surface area contributed by atoms with Gasteiger partial charge in [-0.1, -0.05) is 6.08 Å². The van der Waals surface area contributed by atoms with Crippen LogP contribution >= 0.6 is 0 Å². The molecule has 0 radical (unpaired) electrons. The van der Waals surface area contributed by atoms with Crippen molar-refractivity contribution in [1.82, 2.24) is 4.98 Å². The topological polar surface area (TPSA) is 42.1 Å². The fourth-order valence-electron chi connectivity index (χ4n) is 1.83. The number of hydrogen-bond acceptors (Lipinski definition) is 3. The van der Waals surface area contributed by atoms with E-state index in [0.717, 1.165) is 5.69 Å². The zero-order chi connectivity index (χ0) is 12.5. The summed E-state index contributed by atoms with van der Waals surface area (Å²) in [6.07, 6.45) is 0.0670. The Morgan fingerprint density at radius 2 is 2.12 bits per heavy atom. The fourth-order valence-corrected chi connectivity index (χ4v) is 1.83. The minimum atomic E-state index is -4.21. The highest BCUT2D eigenvalue weighted by Crippen LogP contribution is 2.32. The molecule has 0 saturated heterocycles. The zero-order valence-corrected chi connectivity index (χ0v) is 9.04. The quantitative estimate of drug-likeness (QED) is 0.770. The summed E-state index contributed by atoms with van der Waals surface area (Å²) in [7, 11) is 0. The Hall–Kier alpha value is -1.72. The van der Waals surface area contributed by atoms with Crippen molar-refractivity contribution in [1.29, 1.82) is 0 Å².